The average Bonchev–Trinajstić information content (AvgIpc) is 2.42. The van der Waals surface area contributed by atoms with Gasteiger partial charge in [0.1, 0.15) is 5.00 Å². The lowest BCUT2D eigenvalue weighted by Gasteiger charge is -2.02. The Morgan fingerprint density at radius 1 is 1.24 bits per heavy atom. The summed E-state index contributed by atoms with van der Waals surface area (Å²) in [6.45, 7) is 1.40. The molecule has 0 unspecified atom stereocenters. The summed E-state index contributed by atoms with van der Waals surface area (Å²) in [7, 11) is 0. The van der Waals surface area contributed by atoms with E-state index < -0.39 is 5.97 Å². The number of hydrogen-bond acceptors (Lipinski definition) is 3. The van der Waals surface area contributed by atoms with Gasteiger partial charge in [-0.1, -0.05) is 6.42 Å². The summed E-state index contributed by atoms with van der Waals surface area (Å²) < 4.78 is 0. The molecular weight excluding hydrogens is 238 g/mol. The van der Waals surface area contributed by atoms with Gasteiger partial charge in [-0.05, 0) is 31.2 Å². The predicted molar refractivity (Wildman–Crippen MR) is 66.8 cm³/mol. The van der Waals surface area contributed by atoms with Gasteiger partial charge in [0.25, 0.3) is 0 Å². The van der Waals surface area contributed by atoms with Crippen molar-refractivity contribution in [3.8, 4) is 0 Å². The van der Waals surface area contributed by atoms with Gasteiger partial charge >= 0.3 is 5.97 Å². The number of fused-ring (bicyclic) bond motifs is 1. The lowest BCUT2D eigenvalue weighted by Crippen LogP contribution is -2.09. The second-order valence-electron chi connectivity index (χ2n) is 4.25. The van der Waals surface area contributed by atoms with Crippen LogP contribution < -0.4 is 5.32 Å². The molecule has 0 aliphatic heterocycles. The number of anilines is 1. The maximum atomic E-state index is 11.3. The standard InChI is InChI=1S/C12H15NO3S/c1-7(14)13-11-10(12(15)16)8-5-3-2-4-6-9(8)17-11/h2-6H2,1H3,(H,13,14)(H,15,16). The van der Waals surface area contributed by atoms with Gasteiger partial charge in [0, 0.05) is 11.8 Å². The van der Waals surface area contributed by atoms with E-state index >= 15 is 0 Å². The summed E-state index contributed by atoms with van der Waals surface area (Å²) in [5.74, 6) is -1.16. The Labute approximate surface area is 104 Å². The third-order valence-electron chi connectivity index (χ3n) is 2.92. The first-order valence-corrected chi connectivity index (χ1v) is 6.56. The molecule has 1 aromatic heterocycles. The zero-order valence-corrected chi connectivity index (χ0v) is 10.5. The molecule has 5 heteroatoms. The van der Waals surface area contributed by atoms with Gasteiger partial charge in [0.2, 0.25) is 5.91 Å². The second-order valence-corrected chi connectivity index (χ2v) is 5.36. The van der Waals surface area contributed by atoms with E-state index in [0.29, 0.717) is 10.6 Å². The minimum atomic E-state index is -0.937. The highest BCUT2D eigenvalue weighted by Crippen LogP contribution is 2.37. The summed E-state index contributed by atoms with van der Waals surface area (Å²) in [6.07, 6.45) is 5.03. The summed E-state index contributed by atoms with van der Waals surface area (Å²) in [6, 6.07) is 0. The number of aromatic carboxylic acids is 1. The van der Waals surface area contributed by atoms with E-state index in [0.717, 1.165) is 42.5 Å². The molecule has 0 atom stereocenters. The average molecular weight is 253 g/mol. The molecule has 0 saturated carbocycles. The number of rotatable bonds is 2. The van der Waals surface area contributed by atoms with Crippen molar-refractivity contribution in [3.63, 3.8) is 0 Å². The SMILES string of the molecule is CC(=O)Nc1sc2c(c1C(=O)O)CCCCC2. The van der Waals surface area contributed by atoms with E-state index in [1.54, 1.807) is 0 Å². The molecule has 1 aliphatic carbocycles. The molecule has 0 saturated heterocycles. The molecule has 4 nitrogen and oxygen atoms in total. The Kier molecular flexibility index (Phi) is 3.47. The van der Waals surface area contributed by atoms with Crippen LogP contribution in [-0.2, 0) is 17.6 Å². The Balaban J connectivity index is 2.46. The van der Waals surface area contributed by atoms with E-state index in [4.69, 9.17) is 0 Å². The predicted octanol–water partition coefficient (Wildman–Crippen LogP) is 2.67. The first kappa shape index (κ1) is 12.1. The fourth-order valence-electron chi connectivity index (χ4n) is 2.22. The number of aryl methyl sites for hydroxylation is 1. The van der Waals surface area contributed by atoms with Crippen molar-refractivity contribution in [1.29, 1.82) is 0 Å². The van der Waals surface area contributed by atoms with E-state index in [2.05, 4.69) is 5.32 Å². The van der Waals surface area contributed by atoms with Gasteiger partial charge < -0.3 is 10.4 Å². The molecule has 17 heavy (non-hydrogen) atoms. The van der Waals surface area contributed by atoms with Crippen molar-refractivity contribution >= 4 is 28.2 Å². The number of carboxylic acid groups (broad SMARTS) is 1. The van der Waals surface area contributed by atoms with Crippen LogP contribution in [-0.4, -0.2) is 17.0 Å². The maximum absolute atomic E-state index is 11.3. The molecule has 0 bridgehead atoms. The number of amides is 1. The fraction of sp³-hybridized carbons (Fsp3) is 0.500. The van der Waals surface area contributed by atoms with Gasteiger partial charge in [0.15, 0.2) is 0 Å². The highest BCUT2D eigenvalue weighted by Gasteiger charge is 2.24. The quantitative estimate of drug-likeness (QED) is 0.796. The van der Waals surface area contributed by atoms with Gasteiger partial charge in [-0.3, -0.25) is 4.79 Å². The van der Waals surface area contributed by atoms with Crippen LogP contribution >= 0.6 is 11.3 Å². The fourth-order valence-corrected chi connectivity index (χ4v) is 3.54. The van der Waals surface area contributed by atoms with Crippen LogP contribution in [0.3, 0.4) is 0 Å². The van der Waals surface area contributed by atoms with Crippen LogP contribution in [0.25, 0.3) is 0 Å². The molecule has 1 aliphatic rings. The summed E-state index contributed by atoms with van der Waals surface area (Å²) in [5.41, 5.74) is 1.24. The Morgan fingerprint density at radius 2 is 1.94 bits per heavy atom. The molecule has 2 rings (SSSR count). The van der Waals surface area contributed by atoms with Crippen LogP contribution in [0.5, 0.6) is 0 Å². The molecule has 1 heterocycles. The van der Waals surface area contributed by atoms with Crippen LogP contribution in [0.1, 0.15) is 47.0 Å². The first-order valence-electron chi connectivity index (χ1n) is 5.75. The van der Waals surface area contributed by atoms with Crippen LogP contribution in [0.15, 0.2) is 0 Å². The molecular formula is C12H15NO3S. The lowest BCUT2D eigenvalue weighted by molar-refractivity contribution is -0.114. The van der Waals surface area contributed by atoms with E-state index in [1.165, 1.54) is 18.3 Å². The monoisotopic (exact) mass is 253 g/mol. The Bertz CT molecular complexity index is 465. The summed E-state index contributed by atoms with van der Waals surface area (Å²) >= 11 is 1.42. The van der Waals surface area contributed by atoms with Crippen LogP contribution in [0, 0.1) is 0 Å². The van der Waals surface area contributed by atoms with Gasteiger partial charge in [-0.2, -0.15) is 0 Å². The van der Waals surface area contributed by atoms with Gasteiger partial charge in [0.05, 0.1) is 5.56 Å². The number of carboxylic acids is 1. The third-order valence-corrected chi connectivity index (χ3v) is 4.13. The molecule has 0 spiro atoms. The number of thiophene rings is 1. The number of nitrogens with one attached hydrogen (secondary N) is 1. The van der Waals surface area contributed by atoms with Crippen LogP contribution in [0.4, 0.5) is 5.00 Å². The highest BCUT2D eigenvalue weighted by molar-refractivity contribution is 7.17. The Hall–Kier alpha value is -1.36. The van der Waals surface area contributed by atoms with Gasteiger partial charge in [-0.15, -0.1) is 11.3 Å². The van der Waals surface area contributed by atoms with Crippen molar-refractivity contribution in [2.24, 2.45) is 0 Å². The zero-order chi connectivity index (χ0) is 12.4. The largest absolute Gasteiger partial charge is 0.478 e. The topological polar surface area (TPSA) is 66.4 Å². The van der Waals surface area contributed by atoms with E-state index in [-0.39, 0.29) is 5.91 Å². The van der Waals surface area contributed by atoms with E-state index in [1.807, 2.05) is 0 Å². The number of carbonyl (C=O) groups is 2. The van der Waals surface area contributed by atoms with Crippen molar-refractivity contribution in [2.75, 3.05) is 5.32 Å². The van der Waals surface area contributed by atoms with Crippen molar-refractivity contribution in [2.45, 2.75) is 39.0 Å². The molecule has 1 amide bonds. The molecule has 1 aromatic rings. The minimum Gasteiger partial charge on any atom is -0.478 e. The second kappa shape index (κ2) is 4.87. The summed E-state index contributed by atoms with van der Waals surface area (Å²) in [5, 5.41) is 12.4. The molecule has 92 valence electrons. The smallest absolute Gasteiger partial charge is 0.339 e. The molecule has 0 fully saturated rings. The number of hydrogen-bond donors (Lipinski definition) is 2. The van der Waals surface area contributed by atoms with E-state index in [9.17, 15) is 14.7 Å². The van der Waals surface area contributed by atoms with Crippen molar-refractivity contribution in [3.05, 3.63) is 16.0 Å². The highest BCUT2D eigenvalue weighted by atomic mass is 32.1. The van der Waals surface area contributed by atoms with Crippen molar-refractivity contribution in [1.82, 2.24) is 0 Å². The van der Waals surface area contributed by atoms with Gasteiger partial charge in [-0.25, -0.2) is 4.79 Å². The third kappa shape index (κ3) is 2.49. The summed E-state index contributed by atoms with van der Waals surface area (Å²) in [4.78, 5) is 23.5. The molecule has 0 aromatic carbocycles. The zero-order valence-electron chi connectivity index (χ0n) is 9.71. The number of carbonyl (C=O) groups excluding carboxylic acids is 1. The lowest BCUT2D eigenvalue weighted by atomic mass is 10.1. The Morgan fingerprint density at radius 3 is 2.59 bits per heavy atom. The van der Waals surface area contributed by atoms with Crippen molar-refractivity contribution < 1.29 is 14.7 Å². The molecule has 0 radical (unpaired) electrons. The minimum absolute atomic E-state index is 0.219. The first-order chi connectivity index (χ1) is 8.09. The molecule has 2 N–H and O–H groups in total. The normalized spacial score (nSPS) is 14.9. The maximum Gasteiger partial charge on any atom is 0.339 e. The van der Waals surface area contributed by atoms with Crippen LogP contribution in [0.2, 0.25) is 0 Å².